The standard InChI is InChI=1S/C10H5BrClF2N3O2/c11-5-1-3-6(4-2-5)16-9(12)8(17(18)19)7(15-16)10(13)14/h1-4,10H. The van der Waals surface area contributed by atoms with Gasteiger partial charge in [-0.2, -0.15) is 5.10 Å². The summed E-state index contributed by atoms with van der Waals surface area (Å²) in [6.45, 7) is 0. The lowest BCUT2D eigenvalue weighted by Gasteiger charge is -2.01. The third-order valence-corrected chi connectivity index (χ3v) is 3.16. The Hall–Kier alpha value is -1.54. The highest BCUT2D eigenvalue weighted by Crippen LogP contribution is 2.36. The third-order valence-electron chi connectivity index (χ3n) is 2.29. The average Bonchev–Trinajstić information content (AvgIpc) is 2.68. The first-order valence-corrected chi connectivity index (χ1v) is 6.05. The molecule has 1 aromatic carbocycles. The number of halogens is 4. The van der Waals surface area contributed by atoms with Crippen LogP contribution in [0.4, 0.5) is 14.5 Å². The molecular weight excluding hydrogens is 347 g/mol. The Bertz CT molecular complexity index is 630. The van der Waals surface area contributed by atoms with Crippen molar-refractivity contribution in [1.82, 2.24) is 9.78 Å². The first-order valence-electron chi connectivity index (χ1n) is 4.88. The van der Waals surface area contributed by atoms with Crippen LogP contribution in [0.1, 0.15) is 12.1 Å². The second kappa shape index (κ2) is 5.22. The number of alkyl halides is 2. The van der Waals surface area contributed by atoms with E-state index in [1.807, 2.05) is 0 Å². The van der Waals surface area contributed by atoms with Gasteiger partial charge in [0.1, 0.15) is 0 Å². The zero-order valence-electron chi connectivity index (χ0n) is 9.06. The molecule has 0 N–H and O–H groups in total. The molecule has 5 nitrogen and oxygen atoms in total. The van der Waals surface area contributed by atoms with Gasteiger partial charge in [-0.25, -0.2) is 13.5 Å². The van der Waals surface area contributed by atoms with E-state index < -0.39 is 27.9 Å². The van der Waals surface area contributed by atoms with Crippen LogP contribution in [-0.2, 0) is 0 Å². The molecule has 0 bridgehead atoms. The van der Waals surface area contributed by atoms with Crippen LogP contribution >= 0.6 is 27.5 Å². The Kier molecular flexibility index (Phi) is 3.81. The molecule has 100 valence electrons. The molecule has 2 rings (SSSR count). The van der Waals surface area contributed by atoms with Crippen molar-refractivity contribution >= 4 is 33.2 Å². The number of aromatic nitrogens is 2. The summed E-state index contributed by atoms with van der Waals surface area (Å²) in [5.74, 6) is 0. The predicted molar refractivity (Wildman–Crippen MR) is 67.9 cm³/mol. The molecule has 1 heterocycles. The van der Waals surface area contributed by atoms with E-state index in [0.717, 1.165) is 9.15 Å². The fraction of sp³-hybridized carbons (Fsp3) is 0.100. The maximum Gasteiger partial charge on any atom is 0.335 e. The number of rotatable bonds is 3. The Morgan fingerprint density at radius 2 is 1.95 bits per heavy atom. The van der Waals surface area contributed by atoms with Gasteiger partial charge in [-0.05, 0) is 24.3 Å². The summed E-state index contributed by atoms with van der Waals surface area (Å²) in [6.07, 6.45) is -3.07. The Labute approximate surface area is 119 Å². The van der Waals surface area contributed by atoms with Crippen molar-refractivity contribution in [2.45, 2.75) is 6.43 Å². The number of hydrogen-bond acceptors (Lipinski definition) is 3. The van der Waals surface area contributed by atoms with Crippen LogP contribution < -0.4 is 0 Å². The predicted octanol–water partition coefficient (Wildman–Crippen LogP) is 4.13. The summed E-state index contributed by atoms with van der Waals surface area (Å²) in [4.78, 5) is 9.81. The van der Waals surface area contributed by atoms with Gasteiger partial charge in [-0.1, -0.05) is 27.5 Å². The van der Waals surface area contributed by atoms with E-state index >= 15 is 0 Å². The van der Waals surface area contributed by atoms with Crippen molar-refractivity contribution in [3.05, 3.63) is 49.7 Å². The molecule has 0 saturated heterocycles. The molecule has 1 aromatic heterocycles. The van der Waals surface area contributed by atoms with E-state index in [2.05, 4.69) is 21.0 Å². The van der Waals surface area contributed by atoms with E-state index in [-0.39, 0.29) is 0 Å². The molecule has 0 saturated carbocycles. The van der Waals surface area contributed by atoms with Crippen LogP contribution in [-0.4, -0.2) is 14.7 Å². The molecule has 0 atom stereocenters. The highest BCUT2D eigenvalue weighted by molar-refractivity contribution is 9.10. The minimum absolute atomic E-state index is 0.350. The topological polar surface area (TPSA) is 61.0 Å². The Balaban J connectivity index is 2.62. The van der Waals surface area contributed by atoms with Crippen LogP contribution in [0.3, 0.4) is 0 Å². The lowest BCUT2D eigenvalue weighted by Crippen LogP contribution is -1.97. The monoisotopic (exact) mass is 351 g/mol. The lowest BCUT2D eigenvalue weighted by atomic mass is 10.3. The SMILES string of the molecule is O=[N+]([O-])c1c(C(F)F)nn(-c2ccc(Br)cc2)c1Cl. The van der Waals surface area contributed by atoms with Crippen LogP contribution in [0.25, 0.3) is 5.69 Å². The number of benzene rings is 1. The van der Waals surface area contributed by atoms with Crippen molar-refractivity contribution in [1.29, 1.82) is 0 Å². The molecule has 0 amide bonds. The quantitative estimate of drug-likeness (QED) is 0.616. The molecule has 0 fully saturated rings. The van der Waals surface area contributed by atoms with Gasteiger partial charge in [0.15, 0.2) is 0 Å². The molecular formula is C10H5BrClF2N3O2. The summed E-state index contributed by atoms with van der Waals surface area (Å²) in [6, 6.07) is 6.37. The van der Waals surface area contributed by atoms with Crippen LogP contribution in [0.15, 0.2) is 28.7 Å². The average molecular weight is 353 g/mol. The van der Waals surface area contributed by atoms with Gasteiger partial charge in [0.25, 0.3) is 6.43 Å². The first-order chi connectivity index (χ1) is 8.91. The second-order valence-electron chi connectivity index (χ2n) is 3.47. The molecule has 9 heteroatoms. The smallest absolute Gasteiger partial charge is 0.258 e. The minimum Gasteiger partial charge on any atom is -0.258 e. The highest BCUT2D eigenvalue weighted by atomic mass is 79.9. The van der Waals surface area contributed by atoms with Crippen molar-refractivity contribution in [3.63, 3.8) is 0 Å². The van der Waals surface area contributed by atoms with Gasteiger partial charge < -0.3 is 0 Å². The van der Waals surface area contributed by atoms with Gasteiger partial charge in [0, 0.05) is 4.47 Å². The van der Waals surface area contributed by atoms with Gasteiger partial charge in [0.2, 0.25) is 10.8 Å². The third kappa shape index (κ3) is 2.59. The second-order valence-corrected chi connectivity index (χ2v) is 4.74. The van der Waals surface area contributed by atoms with E-state index in [0.29, 0.717) is 5.69 Å². The van der Waals surface area contributed by atoms with Crippen molar-refractivity contribution in [2.75, 3.05) is 0 Å². The molecule has 0 aliphatic heterocycles. The number of hydrogen-bond donors (Lipinski definition) is 0. The fourth-order valence-electron chi connectivity index (χ4n) is 1.47. The zero-order valence-corrected chi connectivity index (χ0v) is 11.4. The van der Waals surface area contributed by atoms with Gasteiger partial charge in [-0.3, -0.25) is 10.1 Å². The van der Waals surface area contributed by atoms with Gasteiger partial charge >= 0.3 is 5.69 Å². The largest absolute Gasteiger partial charge is 0.335 e. The summed E-state index contributed by atoms with van der Waals surface area (Å²) in [7, 11) is 0. The van der Waals surface area contributed by atoms with Gasteiger partial charge in [0.05, 0.1) is 10.6 Å². The van der Waals surface area contributed by atoms with E-state index in [4.69, 9.17) is 11.6 Å². The normalized spacial score (nSPS) is 11.0. The van der Waals surface area contributed by atoms with E-state index in [1.54, 1.807) is 24.3 Å². The van der Waals surface area contributed by atoms with Crippen LogP contribution in [0, 0.1) is 10.1 Å². The number of nitro groups is 1. The van der Waals surface area contributed by atoms with Crippen molar-refractivity contribution in [2.24, 2.45) is 0 Å². The van der Waals surface area contributed by atoms with E-state index in [9.17, 15) is 18.9 Å². The first kappa shape index (κ1) is 13.9. The maximum atomic E-state index is 12.7. The fourth-order valence-corrected chi connectivity index (χ4v) is 2.04. The Morgan fingerprint density at radius 3 is 2.37 bits per heavy atom. The van der Waals surface area contributed by atoms with E-state index in [1.165, 1.54) is 0 Å². The van der Waals surface area contributed by atoms with Crippen molar-refractivity contribution in [3.8, 4) is 5.69 Å². The maximum absolute atomic E-state index is 12.7. The summed E-state index contributed by atoms with van der Waals surface area (Å²) in [5.41, 5.74) is -1.47. The summed E-state index contributed by atoms with van der Waals surface area (Å²) in [5, 5.41) is 13.8. The molecule has 0 radical (unpaired) electrons. The van der Waals surface area contributed by atoms with Gasteiger partial charge in [-0.15, -0.1) is 0 Å². The molecule has 0 aliphatic carbocycles. The molecule has 19 heavy (non-hydrogen) atoms. The minimum atomic E-state index is -3.07. The number of nitrogens with zero attached hydrogens (tertiary/aromatic N) is 3. The Morgan fingerprint density at radius 1 is 1.37 bits per heavy atom. The van der Waals surface area contributed by atoms with Crippen LogP contribution in [0.5, 0.6) is 0 Å². The van der Waals surface area contributed by atoms with Crippen LogP contribution in [0.2, 0.25) is 5.15 Å². The highest BCUT2D eigenvalue weighted by Gasteiger charge is 2.32. The molecule has 2 aromatic rings. The van der Waals surface area contributed by atoms with Crippen molar-refractivity contribution < 1.29 is 13.7 Å². The molecule has 0 spiro atoms. The molecule has 0 unspecified atom stereocenters. The zero-order chi connectivity index (χ0) is 14.2. The molecule has 0 aliphatic rings. The summed E-state index contributed by atoms with van der Waals surface area (Å²) < 4.78 is 27.1. The lowest BCUT2D eigenvalue weighted by molar-refractivity contribution is -0.386. The summed E-state index contributed by atoms with van der Waals surface area (Å²) >= 11 is 8.97.